The molecule has 0 aromatic heterocycles. The second kappa shape index (κ2) is 7.21. The van der Waals surface area contributed by atoms with Crippen molar-refractivity contribution in [1.82, 2.24) is 9.62 Å². The molecule has 0 aliphatic carbocycles. The van der Waals surface area contributed by atoms with Gasteiger partial charge in [0.2, 0.25) is 15.9 Å². The summed E-state index contributed by atoms with van der Waals surface area (Å²) in [5.41, 5.74) is 5.81. The maximum Gasteiger partial charge on any atom is 0.224 e. The zero-order valence-corrected chi connectivity index (χ0v) is 12.6. The second-order valence-corrected chi connectivity index (χ2v) is 7.06. The second-order valence-electron chi connectivity index (χ2n) is 5.23. The number of rotatable bonds is 6. The molecule has 0 radical (unpaired) electrons. The van der Waals surface area contributed by atoms with Crippen LogP contribution < -0.4 is 10.5 Å². The van der Waals surface area contributed by atoms with Crippen molar-refractivity contribution in [3.8, 4) is 0 Å². The summed E-state index contributed by atoms with van der Waals surface area (Å²) in [4.78, 5) is 14.0. The molecule has 1 aliphatic heterocycles. The quantitative estimate of drug-likeness (QED) is 0.723. The fourth-order valence-electron chi connectivity index (χ4n) is 2.27. The SMILES string of the molecule is CCC(N)CC(=O)N1CCCCC1CNS(C)(=O)=O. The first-order valence-corrected chi connectivity index (χ1v) is 8.72. The zero-order valence-electron chi connectivity index (χ0n) is 11.8. The monoisotopic (exact) mass is 291 g/mol. The molecule has 1 rings (SSSR count). The number of hydrogen-bond donors (Lipinski definition) is 2. The molecule has 19 heavy (non-hydrogen) atoms. The van der Waals surface area contributed by atoms with Crippen molar-refractivity contribution >= 4 is 15.9 Å². The smallest absolute Gasteiger partial charge is 0.224 e. The van der Waals surface area contributed by atoms with E-state index in [2.05, 4.69) is 4.72 Å². The number of nitrogens with zero attached hydrogens (tertiary/aromatic N) is 1. The normalized spacial score (nSPS) is 22.3. The van der Waals surface area contributed by atoms with Gasteiger partial charge in [0.05, 0.1) is 6.26 Å². The minimum Gasteiger partial charge on any atom is -0.338 e. The molecule has 1 fully saturated rings. The third-order valence-corrected chi connectivity index (χ3v) is 4.18. The van der Waals surface area contributed by atoms with E-state index in [1.807, 2.05) is 6.92 Å². The van der Waals surface area contributed by atoms with Crippen LogP contribution >= 0.6 is 0 Å². The van der Waals surface area contributed by atoms with Gasteiger partial charge in [-0.1, -0.05) is 6.92 Å². The number of likely N-dealkylation sites (tertiary alicyclic amines) is 1. The van der Waals surface area contributed by atoms with Crippen molar-refractivity contribution in [1.29, 1.82) is 0 Å². The van der Waals surface area contributed by atoms with Gasteiger partial charge >= 0.3 is 0 Å². The summed E-state index contributed by atoms with van der Waals surface area (Å²) in [6, 6.07) is -0.155. The minimum atomic E-state index is -3.21. The van der Waals surface area contributed by atoms with Crippen LogP contribution in [-0.4, -0.2) is 50.7 Å². The van der Waals surface area contributed by atoms with Gasteiger partial charge in [0.1, 0.15) is 0 Å². The Morgan fingerprint density at radius 2 is 2.16 bits per heavy atom. The number of sulfonamides is 1. The molecular weight excluding hydrogens is 266 g/mol. The molecule has 6 nitrogen and oxygen atoms in total. The van der Waals surface area contributed by atoms with E-state index < -0.39 is 10.0 Å². The fourth-order valence-corrected chi connectivity index (χ4v) is 2.77. The molecule has 2 unspecified atom stereocenters. The summed E-state index contributed by atoms with van der Waals surface area (Å²) < 4.78 is 24.8. The first kappa shape index (κ1) is 16.4. The van der Waals surface area contributed by atoms with Crippen LogP contribution in [0, 0.1) is 0 Å². The molecule has 3 N–H and O–H groups in total. The van der Waals surface area contributed by atoms with Crippen molar-refractivity contribution in [2.45, 2.75) is 51.1 Å². The van der Waals surface area contributed by atoms with Crippen LogP contribution in [-0.2, 0) is 14.8 Å². The van der Waals surface area contributed by atoms with Gasteiger partial charge in [-0.25, -0.2) is 13.1 Å². The summed E-state index contributed by atoms with van der Waals surface area (Å²) in [5, 5.41) is 0. The van der Waals surface area contributed by atoms with E-state index >= 15 is 0 Å². The summed E-state index contributed by atoms with van der Waals surface area (Å²) in [6.45, 7) is 2.95. The lowest BCUT2D eigenvalue weighted by atomic mass is 10.0. The number of hydrogen-bond acceptors (Lipinski definition) is 4. The number of amides is 1. The summed E-state index contributed by atoms with van der Waals surface area (Å²) >= 11 is 0. The molecule has 2 atom stereocenters. The van der Waals surface area contributed by atoms with Crippen LogP contribution in [0.25, 0.3) is 0 Å². The molecule has 1 heterocycles. The van der Waals surface area contributed by atoms with E-state index in [1.165, 1.54) is 0 Å². The maximum atomic E-state index is 12.2. The Labute approximate surface area is 115 Å². The molecule has 7 heteroatoms. The Bertz CT molecular complexity index is 397. The Morgan fingerprint density at radius 1 is 1.47 bits per heavy atom. The molecule has 1 saturated heterocycles. The van der Waals surface area contributed by atoms with Gasteiger partial charge in [-0.3, -0.25) is 4.79 Å². The van der Waals surface area contributed by atoms with Crippen LogP contribution in [0.1, 0.15) is 39.0 Å². The first-order chi connectivity index (χ1) is 8.83. The topological polar surface area (TPSA) is 92.5 Å². The average Bonchev–Trinajstić information content (AvgIpc) is 2.35. The van der Waals surface area contributed by atoms with Crippen LogP contribution in [0.4, 0.5) is 0 Å². The zero-order chi connectivity index (χ0) is 14.5. The molecule has 1 aliphatic rings. The summed E-state index contributed by atoms with van der Waals surface area (Å²) in [7, 11) is -3.21. The Kier molecular flexibility index (Phi) is 6.22. The highest BCUT2D eigenvalue weighted by Crippen LogP contribution is 2.18. The number of carbonyl (C=O) groups excluding carboxylic acids is 1. The molecule has 0 aromatic rings. The lowest BCUT2D eigenvalue weighted by Gasteiger charge is -2.36. The number of piperidine rings is 1. The van der Waals surface area contributed by atoms with E-state index in [-0.39, 0.29) is 18.0 Å². The Balaban J connectivity index is 2.59. The van der Waals surface area contributed by atoms with Gasteiger partial charge in [0.25, 0.3) is 0 Å². The Morgan fingerprint density at radius 3 is 2.74 bits per heavy atom. The number of nitrogens with one attached hydrogen (secondary N) is 1. The van der Waals surface area contributed by atoms with Crippen LogP contribution in [0.2, 0.25) is 0 Å². The van der Waals surface area contributed by atoms with Gasteiger partial charge in [-0.2, -0.15) is 0 Å². The minimum absolute atomic E-state index is 0.0364. The third-order valence-electron chi connectivity index (χ3n) is 3.49. The lowest BCUT2D eigenvalue weighted by Crippen LogP contribution is -2.50. The van der Waals surface area contributed by atoms with Gasteiger partial charge in [0, 0.05) is 31.6 Å². The summed E-state index contributed by atoms with van der Waals surface area (Å²) in [6.07, 6.45) is 5.09. The van der Waals surface area contributed by atoms with E-state index in [0.717, 1.165) is 31.9 Å². The van der Waals surface area contributed by atoms with Gasteiger partial charge in [-0.05, 0) is 25.7 Å². The largest absolute Gasteiger partial charge is 0.338 e. The van der Waals surface area contributed by atoms with Gasteiger partial charge < -0.3 is 10.6 Å². The van der Waals surface area contributed by atoms with Crippen molar-refractivity contribution in [2.75, 3.05) is 19.3 Å². The van der Waals surface area contributed by atoms with Crippen molar-refractivity contribution in [3.05, 3.63) is 0 Å². The van der Waals surface area contributed by atoms with Crippen molar-refractivity contribution in [2.24, 2.45) is 5.73 Å². The van der Waals surface area contributed by atoms with E-state index in [1.54, 1.807) is 4.90 Å². The molecule has 0 saturated carbocycles. The van der Waals surface area contributed by atoms with Gasteiger partial charge in [-0.15, -0.1) is 0 Å². The lowest BCUT2D eigenvalue weighted by molar-refractivity contribution is -0.135. The Hall–Kier alpha value is -0.660. The maximum absolute atomic E-state index is 12.2. The molecule has 112 valence electrons. The highest BCUT2D eigenvalue weighted by Gasteiger charge is 2.27. The predicted octanol–water partition coefficient (Wildman–Crippen LogP) is 0.0441. The predicted molar refractivity (Wildman–Crippen MR) is 75.1 cm³/mol. The van der Waals surface area contributed by atoms with Crippen LogP contribution in [0.15, 0.2) is 0 Å². The van der Waals surface area contributed by atoms with E-state index in [0.29, 0.717) is 19.5 Å². The first-order valence-electron chi connectivity index (χ1n) is 6.83. The van der Waals surface area contributed by atoms with E-state index in [4.69, 9.17) is 5.73 Å². The number of carbonyl (C=O) groups is 1. The average molecular weight is 291 g/mol. The fraction of sp³-hybridized carbons (Fsp3) is 0.917. The molecule has 0 aromatic carbocycles. The van der Waals surface area contributed by atoms with Crippen molar-refractivity contribution in [3.63, 3.8) is 0 Å². The van der Waals surface area contributed by atoms with E-state index in [9.17, 15) is 13.2 Å². The van der Waals surface area contributed by atoms with Crippen LogP contribution in [0.5, 0.6) is 0 Å². The van der Waals surface area contributed by atoms with Gasteiger partial charge in [0.15, 0.2) is 0 Å². The highest BCUT2D eigenvalue weighted by molar-refractivity contribution is 7.88. The molecule has 1 amide bonds. The standard InChI is InChI=1S/C12H25N3O3S/c1-3-10(13)8-12(16)15-7-5-4-6-11(15)9-14-19(2,17)18/h10-11,14H,3-9,13H2,1-2H3. The molecule has 0 spiro atoms. The molecule has 0 bridgehead atoms. The summed E-state index contributed by atoms with van der Waals surface area (Å²) in [5.74, 6) is 0.0364. The van der Waals surface area contributed by atoms with Crippen molar-refractivity contribution < 1.29 is 13.2 Å². The third kappa shape index (κ3) is 5.88. The number of nitrogens with two attached hydrogens (primary N) is 1. The molecular formula is C12H25N3O3S. The van der Waals surface area contributed by atoms with Crippen LogP contribution in [0.3, 0.4) is 0 Å². The highest BCUT2D eigenvalue weighted by atomic mass is 32.2.